The molecule has 2 unspecified atom stereocenters. The molecule has 0 saturated carbocycles. The largest absolute Gasteiger partial charge is 0.493 e. The van der Waals surface area contributed by atoms with E-state index in [0.717, 1.165) is 34.6 Å². The molecule has 37 heavy (non-hydrogen) atoms. The Balaban J connectivity index is 1.34. The molecule has 1 aliphatic carbocycles. The predicted molar refractivity (Wildman–Crippen MR) is 144 cm³/mol. The van der Waals surface area contributed by atoms with E-state index >= 15 is 0 Å². The van der Waals surface area contributed by atoms with Crippen LogP contribution in [0.1, 0.15) is 58.6 Å². The SMILES string of the molecule is CC(=O)C1=C(C)C([C@@H](Cc2ccc(OCCC3=C(C)CC(C)(c4ccccc4)O3)cc2)C(=O)O)C(C)=C1. The Morgan fingerprint density at radius 2 is 1.76 bits per heavy atom. The summed E-state index contributed by atoms with van der Waals surface area (Å²) in [5.74, 6) is -0.0520. The number of hydrogen-bond donors (Lipinski definition) is 1. The van der Waals surface area contributed by atoms with Crippen molar-refractivity contribution in [3.8, 4) is 5.75 Å². The van der Waals surface area contributed by atoms with Gasteiger partial charge in [0.2, 0.25) is 0 Å². The smallest absolute Gasteiger partial charge is 0.307 e. The van der Waals surface area contributed by atoms with Crippen LogP contribution in [-0.4, -0.2) is 23.5 Å². The molecule has 3 atom stereocenters. The molecule has 4 rings (SSSR count). The molecule has 0 saturated heterocycles. The molecule has 194 valence electrons. The average Bonchev–Trinajstić information content (AvgIpc) is 3.33. The number of carboxylic acid groups (broad SMARTS) is 1. The van der Waals surface area contributed by atoms with Crippen molar-refractivity contribution in [3.63, 3.8) is 0 Å². The first-order valence-electron chi connectivity index (χ1n) is 12.9. The summed E-state index contributed by atoms with van der Waals surface area (Å²) in [5.41, 5.74) is 5.42. The molecule has 1 heterocycles. The lowest BCUT2D eigenvalue weighted by atomic mass is 9.80. The van der Waals surface area contributed by atoms with Gasteiger partial charge in [-0.3, -0.25) is 9.59 Å². The van der Waals surface area contributed by atoms with Crippen LogP contribution in [0.25, 0.3) is 0 Å². The standard InChI is InChI=1S/C32H36O5/c1-20-17-27(23(4)33)22(3)30(20)28(31(34)35)18-24-11-13-26(14-12-24)36-16-15-29-21(2)19-32(5,37-29)25-9-7-6-8-10-25/h6-14,17,28,30H,15-16,18-19H2,1-5H3,(H,34,35)/t28-,30?,32?/m1/s1. The first-order valence-corrected chi connectivity index (χ1v) is 12.9. The molecule has 0 bridgehead atoms. The van der Waals surface area contributed by atoms with Crippen LogP contribution in [0.3, 0.4) is 0 Å². The molecule has 0 amide bonds. The Kier molecular flexibility index (Phi) is 7.72. The first-order chi connectivity index (χ1) is 17.6. The van der Waals surface area contributed by atoms with Crippen molar-refractivity contribution in [2.45, 2.75) is 59.5 Å². The zero-order valence-corrected chi connectivity index (χ0v) is 22.3. The third-order valence-corrected chi connectivity index (χ3v) is 7.64. The van der Waals surface area contributed by atoms with E-state index in [9.17, 15) is 14.7 Å². The second-order valence-corrected chi connectivity index (χ2v) is 10.5. The van der Waals surface area contributed by atoms with Gasteiger partial charge >= 0.3 is 5.97 Å². The van der Waals surface area contributed by atoms with Crippen LogP contribution in [0, 0.1) is 11.8 Å². The fourth-order valence-electron chi connectivity index (χ4n) is 5.74. The molecular weight excluding hydrogens is 464 g/mol. The molecule has 1 N–H and O–H groups in total. The van der Waals surface area contributed by atoms with Crippen LogP contribution >= 0.6 is 0 Å². The number of carboxylic acids is 1. The van der Waals surface area contributed by atoms with Crippen molar-refractivity contribution >= 4 is 11.8 Å². The highest BCUT2D eigenvalue weighted by Gasteiger charge is 2.37. The number of benzene rings is 2. The van der Waals surface area contributed by atoms with Crippen LogP contribution < -0.4 is 4.74 Å². The monoisotopic (exact) mass is 500 g/mol. The van der Waals surface area contributed by atoms with E-state index in [-0.39, 0.29) is 17.3 Å². The highest BCUT2D eigenvalue weighted by atomic mass is 16.5. The van der Waals surface area contributed by atoms with E-state index in [2.05, 4.69) is 26.0 Å². The minimum atomic E-state index is -0.857. The number of aliphatic carboxylic acids is 1. The summed E-state index contributed by atoms with van der Waals surface area (Å²) in [7, 11) is 0. The molecule has 0 spiro atoms. The topological polar surface area (TPSA) is 72.8 Å². The van der Waals surface area contributed by atoms with Gasteiger partial charge < -0.3 is 14.6 Å². The van der Waals surface area contributed by atoms with E-state index in [0.29, 0.717) is 25.0 Å². The number of hydrogen-bond acceptors (Lipinski definition) is 4. The lowest BCUT2D eigenvalue weighted by Gasteiger charge is -2.26. The summed E-state index contributed by atoms with van der Waals surface area (Å²) in [6, 6.07) is 17.9. The molecule has 0 radical (unpaired) electrons. The zero-order valence-electron chi connectivity index (χ0n) is 22.3. The number of ketones is 1. The molecule has 0 fully saturated rings. The van der Waals surface area contributed by atoms with Crippen LogP contribution in [0.4, 0.5) is 0 Å². The Morgan fingerprint density at radius 1 is 1.08 bits per heavy atom. The van der Waals surface area contributed by atoms with Gasteiger partial charge in [-0.25, -0.2) is 0 Å². The Labute approximate surface area is 219 Å². The van der Waals surface area contributed by atoms with E-state index in [1.54, 1.807) is 0 Å². The predicted octanol–water partition coefficient (Wildman–Crippen LogP) is 6.79. The average molecular weight is 501 g/mol. The lowest BCUT2D eigenvalue weighted by Crippen LogP contribution is -2.26. The van der Waals surface area contributed by atoms with E-state index in [1.165, 1.54) is 18.1 Å². The van der Waals surface area contributed by atoms with E-state index in [4.69, 9.17) is 9.47 Å². The second-order valence-electron chi connectivity index (χ2n) is 10.5. The zero-order chi connectivity index (χ0) is 26.7. The fraction of sp³-hybridized carbons (Fsp3) is 0.375. The Hall–Kier alpha value is -3.60. The van der Waals surface area contributed by atoms with Crippen molar-refractivity contribution in [3.05, 3.63) is 99.9 Å². The van der Waals surface area contributed by atoms with Gasteiger partial charge in [0.1, 0.15) is 11.4 Å². The van der Waals surface area contributed by atoms with Gasteiger partial charge in [0.15, 0.2) is 5.78 Å². The summed E-state index contributed by atoms with van der Waals surface area (Å²) in [4.78, 5) is 24.1. The summed E-state index contributed by atoms with van der Waals surface area (Å²) in [5, 5.41) is 9.99. The first kappa shape index (κ1) is 26.5. The quantitative estimate of drug-likeness (QED) is 0.389. The number of allylic oxidation sites excluding steroid dienone is 4. The highest BCUT2D eigenvalue weighted by molar-refractivity contribution is 5.98. The maximum absolute atomic E-state index is 12.2. The summed E-state index contributed by atoms with van der Waals surface area (Å²) < 4.78 is 12.4. The minimum absolute atomic E-state index is 0.0244. The van der Waals surface area contributed by atoms with Crippen molar-refractivity contribution in [1.82, 2.24) is 0 Å². The molecular formula is C32H36O5. The maximum Gasteiger partial charge on any atom is 0.307 e. The van der Waals surface area contributed by atoms with Gasteiger partial charge in [0, 0.05) is 24.3 Å². The van der Waals surface area contributed by atoms with Gasteiger partial charge in [-0.15, -0.1) is 0 Å². The number of carbonyl (C=O) groups excluding carboxylic acids is 1. The third kappa shape index (κ3) is 5.71. The number of rotatable bonds is 10. The second kappa shape index (κ2) is 10.8. The van der Waals surface area contributed by atoms with Crippen molar-refractivity contribution in [2.75, 3.05) is 6.61 Å². The van der Waals surface area contributed by atoms with E-state index < -0.39 is 11.9 Å². The summed E-state index contributed by atoms with van der Waals surface area (Å²) in [6.45, 7) is 10.1. The van der Waals surface area contributed by atoms with Crippen molar-refractivity contribution < 1.29 is 24.2 Å². The summed E-state index contributed by atoms with van der Waals surface area (Å²) in [6.07, 6.45) is 3.77. The number of Topliss-reactive ketones (excluding diaryl/α,β-unsaturated/α-hetero) is 1. The highest BCUT2D eigenvalue weighted by Crippen LogP contribution is 2.42. The van der Waals surface area contributed by atoms with Gasteiger partial charge in [0.05, 0.1) is 18.3 Å². The molecule has 1 aliphatic heterocycles. The maximum atomic E-state index is 12.2. The third-order valence-electron chi connectivity index (χ3n) is 7.64. The Bertz CT molecular complexity index is 1270. The molecule has 5 heteroatoms. The fourth-order valence-corrected chi connectivity index (χ4v) is 5.74. The normalized spacial score (nSPS) is 22.1. The lowest BCUT2D eigenvalue weighted by molar-refractivity contribution is -0.142. The van der Waals surface area contributed by atoms with Gasteiger partial charge in [-0.1, -0.05) is 59.7 Å². The molecule has 2 aromatic rings. The van der Waals surface area contributed by atoms with Crippen molar-refractivity contribution in [1.29, 1.82) is 0 Å². The van der Waals surface area contributed by atoms with Gasteiger partial charge in [0.25, 0.3) is 0 Å². The van der Waals surface area contributed by atoms with Crippen LogP contribution in [0.2, 0.25) is 0 Å². The molecule has 2 aliphatic rings. The van der Waals surface area contributed by atoms with Crippen LogP contribution in [0.5, 0.6) is 5.75 Å². The Morgan fingerprint density at radius 3 is 2.35 bits per heavy atom. The van der Waals surface area contributed by atoms with E-state index in [1.807, 2.05) is 62.4 Å². The van der Waals surface area contributed by atoms with Crippen LogP contribution in [0.15, 0.2) is 88.7 Å². The molecule has 5 nitrogen and oxygen atoms in total. The van der Waals surface area contributed by atoms with Gasteiger partial charge in [-0.2, -0.15) is 0 Å². The van der Waals surface area contributed by atoms with Crippen molar-refractivity contribution in [2.24, 2.45) is 11.8 Å². The molecule has 2 aromatic carbocycles. The molecule has 0 aromatic heterocycles. The number of carbonyl (C=O) groups is 2. The summed E-state index contributed by atoms with van der Waals surface area (Å²) >= 11 is 0. The van der Waals surface area contributed by atoms with Gasteiger partial charge in [-0.05, 0) is 69.9 Å². The minimum Gasteiger partial charge on any atom is -0.493 e. The number of ether oxygens (including phenoxy) is 2. The van der Waals surface area contributed by atoms with Crippen LogP contribution in [-0.2, 0) is 26.3 Å².